The summed E-state index contributed by atoms with van der Waals surface area (Å²) in [5.41, 5.74) is 2.99. The van der Waals surface area contributed by atoms with Crippen molar-refractivity contribution in [2.45, 2.75) is 547 Å². The Morgan fingerprint density at radius 2 is 0.439 bits per heavy atom. The summed E-state index contributed by atoms with van der Waals surface area (Å²) in [6.45, 7) is 66.6. The average Bonchev–Trinajstić information content (AvgIpc) is 3.22. The molecular formula is C98H206. The fraction of sp³-hybridized carbons (Fsp3) is 0.878. The first-order chi connectivity index (χ1) is 46.9. The lowest BCUT2D eigenvalue weighted by molar-refractivity contribution is 0.309. The van der Waals surface area contributed by atoms with Crippen LogP contribution in [0.2, 0.25) is 0 Å². The van der Waals surface area contributed by atoms with Crippen molar-refractivity contribution in [3.05, 3.63) is 72.9 Å². The summed E-state index contributed by atoms with van der Waals surface area (Å²) in [6.07, 6.45) is 97.3. The third-order valence-electron chi connectivity index (χ3n) is 17.1. The predicted octanol–water partition coefficient (Wildman–Crippen LogP) is 39.2. The van der Waals surface area contributed by atoms with E-state index in [1.165, 1.54) is 359 Å². The molecule has 0 aromatic heterocycles. The topological polar surface area (TPSA) is 0 Å². The molecule has 0 aliphatic heterocycles. The highest BCUT2D eigenvalue weighted by atomic mass is 14.2. The van der Waals surface area contributed by atoms with Gasteiger partial charge in [0.2, 0.25) is 0 Å². The van der Waals surface area contributed by atoms with Crippen LogP contribution in [0.3, 0.4) is 0 Å². The second-order valence-electron chi connectivity index (χ2n) is 31.7. The van der Waals surface area contributed by atoms with Crippen molar-refractivity contribution < 1.29 is 0 Å². The standard InChI is InChI=1S/C11H24.C11H22.C10H22.C9H18.C9H20.2C9H18.C8H18.C8H16.C7H16.C7H14/c2*1-5-6-7-8-9-10-11(2,3)4;1-5-7-8-9-10(3,4)6-2;1-4-5-6-7-8-9(2)3;3*1-3-5-7-9-8-6-4-2;2*1-3-5-7-8-6-4-2;2*1-3-5-7-6-4-2/h5-10H2,1-4H3;5-6H,7-10H2,1-4H3;5-9H2,1-4H3;2,4-8H2,1,3H3;3-9H2,1-2H3;5,7H,3-4,6,8-9H2,1-2H3;3,5H,4,6-9H2,1-2H3;3-8H2,1-2H3;3,5H,4,6-8H2,1-2H3;3-7H2,1-2H3;3,5H,4,6-7H2,1-2H3/b;6-5+;;;;7-5+;5-3+;;5-3+;;5-3+. The monoisotopic (exact) mass is 1380 g/mol. The van der Waals surface area contributed by atoms with E-state index in [1.807, 2.05) is 0 Å². The smallest absolute Gasteiger partial charge is 0.0326 e. The van der Waals surface area contributed by atoms with Crippen LogP contribution in [-0.4, -0.2) is 0 Å². The van der Waals surface area contributed by atoms with E-state index in [2.05, 4.69) is 261 Å². The molecule has 0 nitrogen and oxygen atoms in total. The lowest BCUT2D eigenvalue weighted by atomic mass is 9.84. The second-order valence-corrected chi connectivity index (χ2v) is 31.7. The van der Waals surface area contributed by atoms with E-state index in [1.54, 1.807) is 0 Å². The molecule has 98 heavy (non-hydrogen) atoms. The molecule has 0 fully saturated rings. The molecule has 0 rings (SSSR count). The Hall–Kier alpha value is -1.56. The molecule has 0 heterocycles. The number of rotatable bonds is 51. The summed E-state index contributed by atoms with van der Waals surface area (Å²) in [7, 11) is 0. The molecule has 0 aromatic rings. The van der Waals surface area contributed by atoms with Crippen LogP contribution in [0.5, 0.6) is 0 Å². The van der Waals surface area contributed by atoms with E-state index >= 15 is 0 Å². The molecule has 0 aromatic carbocycles. The Kier molecular flexibility index (Phi) is 147. The zero-order chi connectivity index (χ0) is 77.0. The molecule has 0 amide bonds. The van der Waals surface area contributed by atoms with Gasteiger partial charge in [-0.05, 0) is 147 Å². The Labute approximate surface area is 632 Å². The zero-order valence-electron chi connectivity index (χ0n) is 75.4. The number of allylic oxidation sites excluding steroid dienone is 11. The van der Waals surface area contributed by atoms with Gasteiger partial charge in [-0.15, -0.1) is 6.58 Å². The highest BCUT2D eigenvalue weighted by molar-refractivity contribution is 4.87. The Morgan fingerprint density at radius 1 is 0.235 bits per heavy atom. The Bertz CT molecular complexity index is 1330. The van der Waals surface area contributed by atoms with Crippen LogP contribution in [0.1, 0.15) is 547 Å². The van der Waals surface area contributed by atoms with Crippen LogP contribution < -0.4 is 0 Å². The van der Waals surface area contributed by atoms with Gasteiger partial charge in [-0.2, -0.15) is 0 Å². The molecule has 0 spiro atoms. The van der Waals surface area contributed by atoms with Crippen LogP contribution >= 0.6 is 0 Å². The van der Waals surface area contributed by atoms with Crippen molar-refractivity contribution in [2.75, 3.05) is 0 Å². The summed E-state index contributed by atoms with van der Waals surface area (Å²) < 4.78 is 0. The molecule has 0 saturated heterocycles. The van der Waals surface area contributed by atoms with Crippen molar-refractivity contribution >= 4 is 0 Å². The maximum Gasteiger partial charge on any atom is -0.0326 e. The molecule has 0 unspecified atom stereocenters. The molecule has 598 valence electrons. The second kappa shape index (κ2) is 119. The largest absolute Gasteiger partial charge is 0.100 e. The molecule has 0 N–H and O–H groups in total. The van der Waals surface area contributed by atoms with Gasteiger partial charge in [-0.25, -0.2) is 0 Å². The first kappa shape index (κ1) is 120. The minimum Gasteiger partial charge on any atom is -0.100 e. The molecule has 0 radical (unpaired) electrons. The average molecular weight is 1380 g/mol. The minimum absolute atomic E-state index is 0.524. The van der Waals surface area contributed by atoms with Gasteiger partial charge < -0.3 is 0 Å². The van der Waals surface area contributed by atoms with Crippen molar-refractivity contribution in [1.82, 2.24) is 0 Å². The van der Waals surface area contributed by atoms with Crippen molar-refractivity contribution in [3.8, 4) is 0 Å². The normalized spacial score (nSPS) is 10.9. The van der Waals surface area contributed by atoms with E-state index in [0.717, 1.165) is 0 Å². The lowest BCUT2D eigenvalue weighted by Crippen LogP contribution is -2.08. The third kappa shape index (κ3) is 193. The molecule has 0 heteroatoms. The van der Waals surface area contributed by atoms with Crippen LogP contribution in [0.15, 0.2) is 72.9 Å². The first-order valence-electron chi connectivity index (χ1n) is 44.7. The van der Waals surface area contributed by atoms with Gasteiger partial charge in [0, 0.05) is 0 Å². The van der Waals surface area contributed by atoms with Crippen molar-refractivity contribution in [2.24, 2.45) is 16.2 Å². The van der Waals surface area contributed by atoms with Crippen LogP contribution in [0, 0.1) is 16.2 Å². The molecule has 0 saturated carbocycles. The fourth-order valence-corrected chi connectivity index (χ4v) is 9.61. The summed E-state index contributed by atoms with van der Waals surface area (Å²) in [4.78, 5) is 0. The Morgan fingerprint density at radius 3 is 0.714 bits per heavy atom. The number of hydrogen-bond acceptors (Lipinski definition) is 0. The van der Waals surface area contributed by atoms with E-state index in [9.17, 15) is 0 Å². The SMILES string of the molecule is C/C=C/CCCC.C/C=C/CCCCC.C/C=C/CCCCC(C)(C)C.C/C=C/CCCCCC.C=C(C)CCCCCC.CC/C=C/CCCCC.CCCCCC(C)(C)CC.CCCCCCC.CCCCCCCC.CCCCCCCC(C)(C)C.CCCCCCCCC. The zero-order valence-corrected chi connectivity index (χ0v) is 75.4. The lowest BCUT2D eigenvalue weighted by Gasteiger charge is -2.21. The van der Waals surface area contributed by atoms with Gasteiger partial charge in [0.1, 0.15) is 0 Å². The van der Waals surface area contributed by atoms with E-state index in [0.29, 0.717) is 16.2 Å². The molecule has 0 aliphatic carbocycles. The van der Waals surface area contributed by atoms with Gasteiger partial charge >= 0.3 is 0 Å². The quantitative estimate of drug-likeness (QED) is 0.0421. The van der Waals surface area contributed by atoms with E-state index in [-0.39, 0.29) is 0 Å². The summed E-state index contributed by atoms with van der Waals surface area (Å²) in [5, 5.41) is 0. The summed E-state index contributed by atoms with van der Waals surface area (Å²) in [5.74, 6) is 0. The van der Waals surface area contributed by atoms with Gasteiger partial charge in [0.25, 0.3) is 0 Å². The van der Waals surface area contributed by atoms with E-state index < -0.39 is 0 Å². The maximum absolute atomic E-state index is 3.85. The van der Waals surface area contributed by atoms with Crippen LogP contribution in [0.4, 0.5) is 0 Å². The van der Waals surface area contributed by atoms with Crippen molar-refractivity contribution in [1.29, 1.82) is 0 Å². The first-order valence-corrected chi connectivity index (χ1v) is 44.7. The van der Waals surface area contributed by atoms with Gasteiger partial charge in [0.05, 0.1) is 0 Å². The van der Waals surface area contributed by atoms with Crippen LogP contribution in [-0.2, 0) is 0 Å². The van der Waals surface area contributed by atoms with Gasteiger partial charge in [0.15, 0.2) is 0 Å². The van der Waals surface area contributed by atoms with E-state index in [4.69, 9.17) is 0 Å². The number of unbranched alkanes of at least 4 members (excludes halogenated alkanes) is 38. The fourth-order valence-electron chi connectivity index (χ4n) is 9.61. The summed E-state index contributed by atoms with van der Waals surface area (Å²) >= 11 is 0. The molecule has 0 bridgehead atoms. The highest BCUT2D eigenvalue weighted by Crippen LogP contribution is 2.27. The molecular weight excluding hydrogens is 1180 g/mol. The number of hydrogen-bond donors (Lipinski definition) is 0. The highest BCUT2D eigenvalue weighted by Gasteiger charge is 2.13. The van der Waals surface area contributed by atoms with Crippen LogP contribution in [0.25, 0.3) is 0 Å². The minimum atomic E-state index is 0.524. The van der Waals surface area contributed by atoms with Crippen molar-refractivity contribution in [3.63, 3.8) is 0 Å². The maximum atomic E-state index is 3.85. The van der Waals surface area contributed by atoms with Gasteiger partial charge in [-0.3, -0.25) is 0 Å². The molecule has 0 atom stereocenters. The summed E-state index contributed by atoms with van der Waals surface area (Å²) in [6, 6.07) is 0. The Balaban J connectivity index is -0.0000000946. The molecule has 0 aliphatic rings. The predicted molar refractivity (Wildman–Crippen MR) is 475 cm³/mol. The van der Waals surface area contributed by atoms with Gasteiger partial charge in [-0.1, -0.05) is 482 Å². The third-order valence-corrected chi connectivity index (χ3v) is 17.1.